The molecule has 12 heteroatoms. The number of nitro groups is 1. The zero-order valence-corrected chi connectivity index (χ0v) is 23.2. The largest absolute Gasteiger partial charge is 0.378 e. The van der Waals surface area contributed by atoms with E-state index in [2.05, 4.69) is 31.2 Å². The molecule has 1 amide bonds. The van der Waals surface area contributed by atoms with Crippen LogP contribution in [-0.4, -0.2) is 54.1 Å². The Kier molecular flexibility index (Phi) is 8.32. The number of hydrogen-bond donors (Lipinski definition) is 1. The molecule has 0 bridgehead atoms. The number of ether oxygens (including phenoxy) is 1. The van der Waals surface area contributed by atoms with Crippen LogP contribution < -0.4 is 10.2 Å². The highest BCUT2D eigenvalue weighted by Gasteiger charge is 2.21. The van der Waals surface area contributed by atoms with Gasteiger partial charge in [0, 0.05) is 35.5 Å². The lowest BCUT2D eigenvalue weighted by Gasteiger charge is -2.28. The van der Waals surface area contributed by atoms with Crippen LogP contribution in [0.2, 0.25) is 0 Å². The van der Waals surface area contributed by atoms with Gasteiger partial charge in [-0.1, -0.05) is 33.8 Å². The molecule has 5 rings (SSSR count). The predicted octanol–water partition coefficient (Wildman–Crippen LogP) is 6.29. The minimum Gasteiger partial charge on any atom is -0.378 e. The van der Waals surface area contributed by atoms with Crippen molar-refractivity contribution < 1.29 is 14.5 Å². The SMILES string of the molecule is O=C(CSc1nc2ccc(N=Cc3ccc(N4CCOCC4)c([N+](=O)[O-])c3)cc2s1)Nc1ccc(Br)cc1. The third kappa shape index (κ3) is 6.57. The van der Waals surface area contributed by atoms with E-state index in [0.29, 0.717) is 43.2 Å². The second-order valence-corrected chi connectivity index (χ2v) is 11.5. The van der Waals surface area contributed by atoms with Gasteiger partial charge in [-0.3, -0.25) is 19.9 Å². The number of thiazole rings is 1. The van der Waals surface area contributed by atoms with Gasteiger partial charge in [-0.05, 0) is 54.1 Å². The summed E-state index contributed by atoms with van der Waals surface area (Å²) in [6.07, 6.45) is 1.63. The van der Waals surface area contributed by atoms with Gasteiger partial charge in [-0.2, -0.15) is 0 Å². The summed E-state index contributed by atoms with van der Waals surface area (Å²) in [5, 5.41) is 14.6. The zero-order chi connectivity index (χ0) is 26.5. The van der Waals surface area contributed by atoms with Crippen molar-refractivity contribution >= 4 is 84.1 Å². The summed E-state index contributed by atoms with van der Waals surface area (Å²) in [5.41, 5.74) is 3.58. The molecule has 4 aromatic rings. The lowest BCUT2D eigenvalue weighted by Crippen LogP contribution is -2.36. The average molecular weight is 613 g/mol. The normalized spacial score (nSPS) is 13.8. The molecule has 0 spiro atoms. The molecule has 2 heterocycles. The number of amides is 1. The van der Waals surface area contributed by atoms with Crippen molar-refractivity contribution in [1.82, 2.24) is 4.98 Å². The number of nitrogens with one attached hydrogen (secondary N) is 1. The van der Waals surface area contributed by atoms with Gasteiger partial charge in [-0.25, -0.2) is 4.98 Å². The van der Waals surface area contributed by atoms with Crippen LogP contribution in [0, 0.1) is 10.1 Å². The van der Waals surface area contributed by atoms with E-state index in [-0.39, 0.29) is 22.3 Å². The quantitative estimate of drug-likeness (QED) is 0.108. The Morgan fingerprint density at radius 1 is 1.18 bits per heavy atom. The van der Waals surface area contributed by atoms with E-state index in [9.17, 15) is 14.9 Å². The summed E-state index contributed by atoms with van der Waals surface area (Å²) in [6, 6.07) is 18.2. The molecule has 1 N–H and O–H groups in total. The van der Waals surface area contributed by atoms with Crippen LogP contribution in [-0.2, 0) is 9.53 Å². The van der Waals surface area contributed by atoms with Gasteiger partial charge in [0.05, 0.1) is 39.8 Å². The van der Waals surface area contributed by atoms with Crippen molar-refractivity contribution in [2.45, 2.75) is 4.34 Å². The molecule has 0 saturated carbocycles. The summed E-state index contributed by atoms with van der Waals surface area (Å²) in [7, 11) is 0. The Labute approximate surface area is 235 Å². The fourth-order valence-corrected chi connectivity index (χ4v) is 6.05. The molecule has 0 aliphatic carbocycles. The Balaban J connectivity index is 1.24. The number of anilines is 2. The molecular weight excluding hydrogens is 590 g/mol. The predicted molar refractivity (Wildman–Crippen MR) is 156 cm³/mol. The van der Waals surface area contributed by atoms with Crippen molar-refractivity contribution in [3.8, 4) is 0 Å². The van der Waals surface area contributed by atoms with Gasteiger partial charge < -0.3 is 15.0 Å². The number of hydrogen-bond acceptors (Lipinski definition) is 9. The Morgan fingerprint density at radius 2 is 1.97 bits per heavy atom. The summed E-state index contributed by atoms with van der Waals surface area (Å²) in [6.45, 7) is 2.36. The molecule has 1 aromatic heterocycles. The topological polar surface area (TPSA) is 110 Å². The highest BCUT2D eigenvalue weighted by molar-refractivity contribution is 9.10. The van der Waals surface area contributed by atoms with E-state index in [4.69, 9.17) is 4.74 Å². The monoisotopic (exact) mass is 611 g/mol. The first kappa shape index (κ1) is 26.3. The molecular formula is C26H22BrN5O4S2. The number of morpholine rings is 1. The molecule has 1 aliphatic rings. The van der Waals surface area contributed by atoms with Crippen molar-refractivity contribution in [1.29, 1.82) is 0 Å². The third-order valence-corrected chi connectivity index (χ3v) is 8.41. The van der Waals surface area contributed by atoms with Crippen LogP contribution in [0.3, 0.4) is 0 Å². The van der Waals surface area contributed by atoms with Gasteiger partial charge >= 0.3 is 0 Å². The van der Waals surface area contributed by atoms with E-state index in [1.54, 1.807) is 18.3 Å². The second-order valence-electron chi connectivity index (χ2n) is 8.34. The number of fused-ring (bicyclic) bond motifs is 1. The lowest BCUT2D eigenvalue weighted by molar-refractivity contribution is -0.384. The fourth-order valence-electron chi connectivity index (χ4n) is 3.88. The molecule has 0 atom stereocenters. The Morgan fingerprint density at radius 3 is 2.74 bits per heavy atom. The van der Waals surface area contributed by atoms with Crippen LogP contribution in [0.1, 0.15) is 5.56 Å². The molecule has 0 unspecified atom stereocenters. The molecule has 194 valence electrons. The first-order chi connectivity index (χ1) is 18.4. The number of thioether (sulfide) groups is 1. The highest BCUT2D eigenvalue weighted by atomic mass is 79.9. The van der Waals surface area contributed by atoms with Crippen LogP contribution in [0.5, 0.6) is 0 Å². The summed E-state index contributed by atoms with van der Waals surface area (Å²) in [4.78, 5) is 34.8. The Bertz CT molecular complexity index is 1500. The number of benzene rings is 3. The minimum absolute atomic E-state index is 0.0552. The van der Waals surface area contributed by atoms with Gasteiger partial charge in [0.2, 0.25) is 5.91 Å². The highest BCUT2D eigenvalue weighted by Crippen LogP contribution is 2.33. The lowest BCUT2D eigenvalue weighted by atomic mass is 10.1. The molecule has 1 aliphatic heterocycles. The van der Waals surface area contributed by atoms with Crippen LogP contribution in [0.4, 0.5) is 22.7 Å². The van der Waals surface area contributed by atoms with Gasteiger partial charge in [0.25, 0.3) is 5.69 Å². The van der Waals surface area contributed by atoms with Crippen LogP contribution in [0.25, 0.3) is 10.2 Å². The van der Waals surface area contributed by atoms with E-state index >= 15 is 0 Å². The van der Waals surface area contributed by atoms with E-state index < -0.39 is 0 Å². The standard InChI is InChI=1S/C26H22BrN5O4S2/c27-18-2-4-19(5-3-18)29-25(33)16-37-26-30-21-7-6-20(14-24(21)38-26)28-15-17-1-8-22(23(13-17)32(34)35)31-9-11-36-12-10-31/h1-8,13-15H,9-12,16H2,(H,29,33). The number of rotatable bonds is 8. The maximum atomic E-state index is 12.3. The van der Waals surface area contributed by atoms with Crippen molar-refractivity contribution in [2.75, 3.05) is 42.3 Å². The molecule has 1 fully saturated rings. The first-order valence-electron chi connectivity index (χ1n) is 11.7. The number of aromatic nitrogens is 1. The maximum absolute atomic E-state index is 12.3. The first-order valence-corrected chi connectivity index (χ1v) is 14.3. The summed E-state index contributed by atoms with van der Waals surface area (Å²) >= 11 is 6.25. The smallest absolute Gasteiger partial charge is 0.293 e. The maximum Gasteiger partial charge on any atom is 0.293 e. The van der Waals surface area contributed by atoms with E-state index in [1.165, 1.54) is 23.1 Å². The summed E-state index contributed by atoms with van der Waals surface area (Å²) < 4.78 is 8.05. The fraction of sp³-hybridized carbons (Fsp3) is 0.192. The minimum atomic E-state index is -0.357. The molecule has 0 radical (unpaired) electrons. The van der Waals surface area contributed by atoms with Crippen LogP contribution in [0.15, 0.2) is 74.5 Å². The molecule has 1 saturated heterocycles. The van der Waals surface area contributed by atoms with Gasteiger partial charge in [0.15, 0.2) is 4.34 Å². The zero-order valence-electron chi connectivity index (χ0n) is 20.0. The van der Waals surface area contributed by atoms with E-state index in [0.717, 1.165) is 24.7 Å². The molecule has 9 nitrogen and oxygen atoms in total. The van der Waals surface area contributed by atoms with Gasteiger partial charge in [-0.15, -0.1) is 11.3 Å². The average Bonchev–Trinajstić information content (AvgIpc) is 3.35. The van der Waals surface area contributed by atoms with Crippen molar-refractivity contribution in [2.24, 2.45) is 4.99 Å². The number of aliphatic imine (C=N–C) groups is 1. The molecule has 38 heavy (non-hydrogen) atoms. The third-order valence-electron chi connectivity index (χ3n) is 5.72. The second kappa shape index (κ2) is 12.0. The number of carbonyl (C=O) groups excluding carboxylic acids is 1. The van der Waals surface area contributed by atoms with Crippen molar-refractivity contribution in [3.05, 3.63) is 80.8 Å². The van der Waals surface area contributed by atoms with E-state index in [1.807, 2.05) is 53.4 Å². The number of halogens is 1. The number of carbonyl (C=O) groups is 1. The van der Waals surface area contributed by atoms with Crippen molar-refractivity contribution in [3.63, 3.8) is 0 Å². The number of nitro benzene ring substituents is 1. The summed E-state index contributed by atoms with van der Waals surface area (Å²) in [5.74, 6) is 0.149. The van der Waals surface area contributed by atoms with Gasteiger partial charge in [0.1, 0.15) is 5.69 Å². The Hall–Kier alpha value is -3.32. The number of nitrogens with zero attached hydrogens (tertiary/aromatic N) is 4. The molecule has 3 aromatic carbocycles. The van der Waals surface area contributed by atoms with Crippen LogP contribution >= 0.6 is 39.0 Å².